The molecule has 0 spiro atoms. The van der Waals surface area contributed by atoms with Crippen molar-refractivity contribution in [3.63, 3.8) is 0 Å². The van der Waals surface area contributed by atoms with E-state index < -0.39 is 25.2 Å². The number of ether oxygens (including phenoxy) is 2. The zero-order chi connectivity index (χ0) is 58.1. The van der Waals surface area contributed by atoms with Crippen molar-refractivity contribution < 1.29 is 228 Å². The molecule has 0 aliphatic carbocycles. The first-order valence-electron chi connectivity index (χ1n) is 20.7. The van der Waals surface area contributed by atoms with E-state index in [1.54, 1.807) is 43.5 Å². The van der Waals surface area contributed by atoms with E-state index in [1.165, 1.54) is 49.1 Å². The monoisotopic (exact) mass is 1410 g/mol. The SMILES string of the molecule is CCc1ccc(N)cc1[N+](=O)[O-].CCc1ccc(O)cc1[N+](=O)[O-].CCc1ccc(O)cc1[N+](=O)[O-].CCc1ccc(OC)cc1N.CCc1ccc(OC)cc1[N+](=O)[O-].CI.Cl.N.O.O=CO[O-].O=N[O-].O=S(=O)(O)O.[Fe].[H-].[K+].[K+].[Na+]. The molecule has 444 valence electrons. The Bertz CT molecular complexity index is 2500. The Kier molecular flexibility index (Phi) is 78.2. The first-order chi connectivity index (χ1) is 34.7. The maximum atomic E-state index is 10.6. The van der Waals surface area contributed by atoms with Crippen LogP contribution in [0.15, 0.2) is 96.3 Å². The van der Waals surface area contributed by atoms with Crippen molar-refractivity contribution in [3.8, 4) is 23.0 Å². The van der Waals surface area contributed by atoms with Gasteiger partial charge in [-0.05, 0) is 91.1 Å². The van der Waals surface area contributed by atoms with Crippen LogP contribution in [0.5, 0.6) is 23.0 Å². The number of rotatable bonds is 12. The third kappa shape index (κ3) is 50.0. The van der Waals surface area contributed by atoms with Gasteiger partial charge in [-0.1, -0.05) is 69.3 Å². The number of methoxy groups -OCH3 is 2. The van der Waals surface area contributed by atoms with Gasteiger partial charge in [0.05, 0.1) is 52.1 Å². The molecule has 0 aromatic heterocycles. The Balaban J connectivity index is -0.0000000690. The molecule has 0 unspecified atom stereocenters. The number of hydrogen-bond acceptors (Lipinski definition) is 23. The maximum Gasteiger partial charge on any atom is 1.00 e. The van der Waals surface area contributed by atoms with Gasteiger partial charge < -0.3 is 64.5 Å². The minimum Gasteiger partial charge on any atom is -1.00 e. The van der Waals surface area contributed by atoms with Crippen LogP contribution in [0.1, 0.15) is 63.9 Å². The summed E-state index contributed by atoms with van der Waals surface area (Å²) in [4.78, 5) is 61.4. The zero-order valence-electron chi connectivity index (χ0n) is 47.1. The molecule has 0 atom stereocenters. The minimum absolute atomic E-state index is 0. The molecule has 0 radical (unpaired) electrons. The topological polar surface area (TPSA) is 526 Å². The number of carbonyl (C=O) groups excluding carboxylic acids is 1. The summed E-state index contributed by atoms with van der Waals surface area (Å²) in [5.41, 5.74) is 16.5. The molecular formula is C44H65ClFeIK2N8NaO22S. The summed E-state index contributed by atoms with van der Waals surface area (Å²) >= 11 is 2.15. The van der Waals surface area contributed by atoms with E-state index in [0.29, 0.717) is 53.8 Å². The standard InChI is InChI=1S/C9H11NO3.C9H13NO.C8H10N2O2.2C8H9NO3.CH3I.CH2O3.ClH.Fe.2K.HNO2.H3N.Na.H2O4S.H2O.H/c1-3-7-4-5-8(13-2)6-9(7)10(11)12;1-3-7-4-5-8(11-2)6-9(7)10;1-2-6-3-4-7(9)5-8(6)10(11)12;2*1-2-6-3-4-7(10)5-8(6)9(11)12;1-2;2-1-4-3;;;;;2-1-3;;;1-5(2,3)4;;/h4-6H,3H2,1-2H3;4-6H,3,10H2,1-2H3;3-5H,2,9H2,1H3;2*3-5,10H,2H2,1H3;1H3;1,3H;1H;;;;(H,2,3);1H3;;(H2,1,2,3,4);1H2;/q;;;;;;;;;2*+1;;;+1;;;-1/p-2. The molecule has 37 heteroatoms. The number of nitrogens with two attached hydrogens (primary N) is 2. The van der Waals surface area contributed by atoms with Crippen LogP contribution in [-0.2, 0) is 69.3 Å². The van der Waals surface area contributed by atoms with Crippen LogP contribution < -0.4 is 165 Å². The average molecular weight is 1410 g/mol. The van der Waals surface area contributed by atoms with Gasteiger partial charge in [0, 0.05) is 62.8 Å². The smallest absolute Gasteiger partial charge is 1.00 e. The summed E-state index contributed by atoms with van der Waals surface area (Å²) in [5, 5.41) is 77.3. The van der Waals surface area contributed by atoms with E-state index >= 15 is 0 Å². The van der Waals surface area contributed by atoms with Crippen molar-refractivity contribution in [2.45, 2.75) is 66.7 Å². The van der Waals surface area contributed by atoms with Gasteiger partial charge >= 0.3 is 143 Å². The number of nitrogens with zero attached hydrogens (tertiary/aromatic N) is 5. The Hall–Kier alpha value is -3.07. The average Bonchev–Trinajstić information content (AvgIpc) is 3.37. The molecule has 0 aliphatic heterocycles. The molecule has 5 aromatic rings. The number of carbonyl (C=O) groups is 1. The second-order valence-electron chi connectivity index (χ2n) is 13.1. The van der Waals surface area contributed by atoms with Gasteiger partial charge in [-0.3, -0.25) is 54.4 Å². The number of nitro benzene ring substituents is 4. The van der Waals surface area contributed by atoms with Gasteiger partial charge in [0.15, 0.2) is 0 Å². The van der Waals surface area contributed by atoms with E-state index in [9.17, 15) is 40.5 Å². The fourth-order valence-electron chi connectivity index (χ4n) is 5.25. The van der Waals surface area contributed by atoms with Crippen LogP contribution in [0.3, 0.4) is 0 Å². The zero-order valence-corrected chi connectivity index (χ0v) is 59.3. The molecular weight excluding hydrogens is 1340 g/mol. The van der Waals surface area contributed by atoms with Gasteiger partial charge in [0.1, 0.15) is 23.0 Å². The van der Waals surface area contributed by atoms with Gasteiger partial charge in [0.2, 0.25) is 0 Å². The van der Waals surface area contributed by atoms with Crippen LogP contribution in [-0.4, -0.2) is 78.5 Å². The summed E-state index contributed by atoms with van der Waals surface area (Å²) < 4.78 is 41.5. The molecule has 0 heterocycles. The molecule has 81 heavy (non-hydrogen) atoms. The number of benzene rings is 5. The molecule has 30 nitrogen and oxygen atoms in total. The Morgan fingerprint density at radius 3 is 1.09 bits per heavy atom. The predicted molar refractivity (Wildman–Crippen MR) is 298 cm³/mol. The second kappa shape index (κ2) is 61.5. The number of hydrogen-bond donors (Lipinski definition) is 7. The van der Waals surface area contributed by atoms with Gasteiger partial charge in [-0.15, -0.1) is 17.7 Å². The van der Waals surface area contributed by atoms with Crippen molar-refractivity contribution in [1.82, 2.24) is 6.15 Å². The summed E-state index contributed by atoms with van der Waals surface area (Å²) in [6, 6.07) is 23.8. The summed E-state index contributed by atoms with van der Waals surface area (Å²) in [6.07, 6.45) is 3.46. The molecule has 0 amide bonds. The third-order valence-electron chi connectivity index (χ3n) is 8.62. The van der Waals surface area contributed by atoms with E-state index in [1.807, 2.05) is 50.8 Å². The molecule has 0 saturated carbocycles. The van der Waals surface area contributed by atoms with Crippen LogP contribution in [0, 0.1) is 50.6 Å². The van der Waals surface area contributed by atoms with Gasteiger partial charge in [-0.2, -0.15) is 8.42 Å². The Morgan fingerprint density at radius 2 is 0.840 bits per heavy atom. The predicted octanol–water partition coefficient (Wildman–Crippen LogP) is -0.565. The van der Waals surface area contributed by atoms with Crippen LogP contribution in [0.4, 0.5) is 34.1 Å². The molecule has 0 aliphatic rings. The molecule has 0 fully saturated rings. The van der Waals surface area contributed by atoms with Gasteiger partial charge in [0.25, 0.3) is 29.2 Å². The number of phenolic OH excluding ortho intramolecular Hbond substituents is 2. The third-order valence-corrected chi connectivity index (χ3v) is 8.62. The van der Waals surface area contributed by atoms with E-state index in [2.05, 4.69) is 34.4 Å². The fraction of sp³-hybridized carbons (Fsp3) is 0.295. The van der Waals surface area contributed by atoms with Crippen LogP contribution >= 0.6 is 35.0 Å². The number of nitrogen functional groups attached to an aromatic ring is 2. The molecule has 0 bridgehead atoms. The number of halogens is 2. The molecule has 5 aromatic carbocycles. The van der Waals surface area contributed by atoms with Crippen molar-refractivity contribution in [1.29, 1.82) is 0 Å². The summed E-state index contributed by atoms with van der Waals surface area (Å²) in [7, 11) is -1.54. The van der Waals surface area contributed by atoms with Gasteiger partial charge in [-0.25, -0.2) is 0 Å². The first-order valence-corrected chi connectivity index (χ1v) is 24.2. The van der Waals surface area contributed by atoms with Crippen LogP contribution in [0.2, 0.25) is 0 Å². The van der Waals surface area contributed by atoms with Crippen LogP contribution in [0.25, 0.3) is 0 Å². The first kappa shape index (κ1) is 103. The number of aryl methyl sites for hydroxylation is 5. The molecule has 13 N–H and O–H groups in total. The summed E-state index contributed by atoms with van der Waals surface area (Å²) in [6.45, 7) is 9.32. The maximum absolute atomic E-state index is 10.6. The fourth-order valence-corrected chi connectivity index (χ4v) is 5.25. The number of alkyl halides is 1. The number of aromatic hydroxyl groups is 2. The largest absolute Gasteiger partial charge is 1.00 e. The number of phenols is 2. The minimum atomic E-state index is -4.67. The van der Waals surface area contributed by atoms with Crippen molar-refractivity contribution in [2.75, 3.05) is 30.6 Å². The second-order valence-corrected chi connectivity index (χ2v) is 14.0. The Labute approximate surface area is 606 Å². The molecule has 5 rings (SSSR count). The summed E-state index contributed by atoms with van der Waals surface area (Å²) in [5.74, 6) is 1.20. The van der Waals surface area contributed by atoms with E-state index in [0.717, 1.165) is 28.8 Å². The van der Waals surface area contributed by atoms with Crippen molar-refractivity contribution in [3.05, 3.63) is 169 Å². The van der Waals surface area contributed by atoms with Crippen molar-refractivity contribution in [2.24, 2.45) is 5.34 Å². The van der Waals surface area contributed by atoms with E-state index in [4.69, 9.17) is 68.8 Å². The van der Waals surface area contributed by atoms with Crippen molar-refractivity contribution >= 4 is 86.0 Å². The van der Waals surface area contributed by atoms with E-state index in [-0.39, 0.29) is 220 Å². The number of nitro groups is 4. The normalized spacial score (nSPS) is 8.40. The quantitative estimate of drug-likeness (QED) is 0.00786. The molecule has 0 saturated heterocycles. The Morgan fingerprint density at radius 1 is 0.605 bits per heavy atom. The number of anilines is 2.